The number of hydrogen-bond acceptors (Lipinski definition) is 7. The van der Waals surface area contributed by atoms with E-state index in [-0.39, 0.29) is 18.9 Å². The summed E-state index contributed by atoms with van der Waals surface area (Å²) in [5, 5.41) is 24.6. The summed E-state index contributed by atoms with van der Waals surface area (Å²) in [6.07, 6.45) is 39.2. The van der Waals surface area contributed by atoms with Crippen LogP contribution in [0.15, 0.2) is 24.3 Å². The Bertz CT molecular complexity index is 971. The van der Waals surface area contributed by atoms with Crippen LogP contribution < -0.4 is 10.2 Å². The Hall–Kier alpha value is -1.06. The van der Waals surface area contributed by atoms with E-state index in [0.29, 0.717) is 23.9 Å². The monoisotopic (exact) mass is 801 g/mol. The lowest BCUT2D eigenvalue weighted by molar-refractivity contribution is -0.870. The van der Waals surface area contributed by atoms with Gasteiger partial charge in [-0.2, -0.15) is 0 Å². The molecule has 10 heteroatoms. The van der Waals surface area contributed by atoms with Gasteiger partial charge in [-0.3, -0.25) is 9.36 Å². The van der Waals surface area contributed by atoms with Crippen LogP contribution in [0.1, 0.15) is 200 Å². The Morgan fingerprint density at radius 1 is 0.655 bits per heavy atom. The van der Waals surface area contributed by atoms with Crippen molar-refractivity contribution in [2.24, 2.45) is 0 Å². The summed E-state index contributed by atoms with van der Waals surface area (Å²) >= 11 is 0. The van der Waals surface area contributed by atoms with E-state index in [9.17, 15) is 24.5 Å². The minimum atomic E-state index is -4.66. The predicted molar refractivity (Wildman–Crippen MR) is 230 cm³/mol. The first-order chi connectivity index (χ1) is 26.4. The molecule has 0 saturated carbocycles. The SMILES string of the molecule is CCCCC/C=C\C/C=C\CCCCCCCCCCCC(=O)NC(COP(=O)([O-])OCC[N+](C)(C)C)C(O)C(O)CCCCCCCCCCCCCC. The molecule has 0 bridgehead atoms. The predicted octanol–water partition coefficient (Wildman–Crippen LogP) is 10.9. The molecule has 4 unspecified atom stereocenters. The highest BCUT2D eigenvalue weighted by Crippen LogP contribution is 2.38. The van der Waals surface area contributed by atoms with Crippen LogP contribution in [0, 0.1) is 0 Å². The zero-order valence-corrected chi connectivity index (χ0v) is 37.4. The van der Waals surface area contributed by atoms with Crippen molar-refractivity contribution in [2.45, 2.75) is 218 Å². The molecule has 326 valence electrons. The number of quaternary nitrogens is 1. The number of nitrogens with zero attached hydrogens (tertiary/aromatic N) is 1. The largest absolute Gasteiger partial charge is 0.756 e. The second kappa shape index (κ2) is 37.2. The third-order valence-electron chi connectivity index (χ3n) is 10.3. The molecule has 0 heterocycles. The van der Waals surface area contributed by atoms with Crippen LogP contribution in [-0.2, 0) is 18.4 Å². The number of phosphoric acid groups is 1. The van der Waals surface area contributed by atoms with E-state index < -0.39 is 32.7 Å². The highest BCUT2D eigenvalue weighted by atomic mass is 31.2. The quantitative estimate of drug-likeness (QED) is 0.0243. The minimum Gasteiger partial charge on any atom is -0.756 e. The van der Waals surface area contributed by atoms with Crippen molar-refractivity contribution in [1.82, 2.24) is 5.32 Å². The maximum absolute atomic E-state index is 12.9. The summed E-state index contributed by atoms with van der Waals surface area (Å²) in [4.78, 5) is 25.4. The number of carbonyl (C=O) groups is 1. The summed E-state index contributed by atoms with van der Waals surface area (Å²) < 4.78 is 23.1. The highest BCUT2D eigenvalue weighted by molar-refractivity contribution is 7.45. The van der Waals surface area contributed by atoms with Gasteiger partial charge in [-0.25, -0.2) is 0 Å². The Morgan fingerprint density at radius 2 is 1.09 bits per heavy atom. The zero-order chi connectivity index (χ0) is 40.9. The van der Waals surface area contributed by atoms with Gasteiger partial charge in [-0.15, -0.1) is 0 Å². The van der Waals surface area contributed by atoms with Gasteiger partial charge in [0.05, 0.1) is 39.9 Å². The fourth-order valence-electron chi connectivity index (χ4n) is 6.58. The lowest BCUT2D eigenvalue weighted by Crippen LogP contribution is -2.51. The molecule has 0 aliphatic heterocycles. The van der Waals surface area contributed by atoms with Gasteiger partial charge in [-0.05, 0) is 44.9 Å². The van der Waals surface area contributed by atoms with Crippen LogP contribution in [0.4, 0.5) is 0 Å². The molecule has 9 nitrogen and oxygen atoms in total. The molecule has 0 aliphatic rings. The van der Waals surface area contributed by atoms with Crippen LogP contribution >= 0.6 is 7.82 Å². The molecule has 0 radical (unpaired) electrons. The average molecular weight is 801 g/mol. The van der Waals surface area contributed by atoms with E-state index in [4.69, 9.17) is 9.05 Å². The van der Waals surface area contributed by atoms with Crippen molar-refractivity contribution in [3.63, 3.8) is 0 Å². The van der Waals surface area contributed by atoms with Gasteiger partial charge in [-0.1, -0.05) is 173 Å². The topological polar surface area (TPSA) is 128 Å². The van der Waals surface area contributed by atoms with Crippen molar-refractivity contribution >= 4 is 13.7 Å². The first kappa shape index (κ1) is 53.9. The fraction of sp³-hybridized carbons (Fsp3) is 0.889. The van der Waals surface area contributed by atoms with Crippen molar-refractivity contribution in [1.29, 1.82) is 0 Å². The van der Waals surface area contributed by atoms with Crippen LogP contribution in [-0.4, -0.2) is 79.8 Å². The minimum absolute atomic E-state index is 0.0411. The number of aliphatic hydroxyl groups excluding tert-OH is 2. The molecule has 1 amide bonds. The molecule has 0 rings (SSSR count). The number of phosphoric ester groups is 1. The molecule has 0 aromatic heterocycles. The molecule has 4 atom stereocenters. The normalized spacial score (nSPS) is 15.1. The van der Waals surface area contributed by atoms with E-state index in [1.54, 1.807) is 0 Å². The number of allylic oxidation sites excluding steroid dienone is 4. The Morgan fingerprint density at radius 3 is 1.60 bits per heavy atom. The van der Waals surface area contributed by atoms with Crippen LogP contribution in [0.5, 0.6) is 0 Å². The van der Waals surface area contributed by atoms with Gasteiger partial charge >= 0.3 is 0 Å². The number of hydrogen-bond donors (Lipinski definition) is 3. The lowest BCUT2D eigenvalue weighted by atomic mass is 9.99. The van der Waals surface area contributed by atoms with Crippen molar-refractivity contribution in [2.75, 3.05) is 40.9 Å². The zero-order valence-electron chi connectivity index (χ0n) is 36.5. The smallest absolute Gasteiger partial charge is 0.268 e. The number of aliphatic hydroxyl groups is 2. The van der Waals surface area contributed by atoms with Crippen LogP contribution in [0.2, 0.25) is 0 Å². The van der Waals surface area contributed by atoms with Crippen LogP contribution in [0.25, 0.3) is 0 Å². The second-order valence-corrected chi connectivity index (χ2v) is 18.3. The fourth-order valence-corrected chi connectivity index (χ4v) is 7.30. The number of rotatable bonds is 41. The van der Waals surface area contributed by atoms with E-state index in [1.807, 2.05) is 21.1 Å². The number of nitrogens with one attached hydrogen (secondary N) is 1. The van der Waals surface area contributed by atoms with Crippen molar-refractivity contribution in [3.05, 3.63) is 24.3 Å². The molecule has 0 spiro atoms. The molecular weight excluding hydrogens is 711 g/mol. The molecule has 3 N–H and O–H groups in total. The van der Waals surface area contributed by atoms with Gasteiger partial charge in [0, 0.05) is 6.42 Å². The third-order valence-corrected chi connectivity index (χ3v) is 11.2. The number of carbonyl (C=O) groups excluding carboxylic acids is 1. The maximum Gasteiger partial charge on any atom is 0.268 e. The molecule has 0 fully saturated rings. The highest BCUT2D eigenvalue weighted by Gasteiger charge is 2.29. The Labute approximate surface area is 339 Å². The first-order valence-corrected chi connectivity index (χ1v) is 24.2. The summed E-state index contributed by atoms with van der Waals surface area (Å²) in [5.74, 6) is -0.283. The van der Waals surface area contributed by atoms with Gasteiger partial charge in [0.15, 0.2) is 0 Å². The first-order valence-electron chi connectivity index (χ1n) is 22.8. The Kier molecular flexibility index (Phi) is 36.5. The summed E-state index contributed by atoms with van der Waals surface area (Å²) in [6.45, 7) is 4.40. The molecular formula is C45H89N2O7P. The molecule has 0 aromatic rings. The van der Waals surface area contributed by atoms with E-state index in [0.717, 1.165) is 51.4 Å². The Balaban J connectivity index is 4.45. The molecule has 55 heavy (non-hydrogen) atoms. The average Bonchev–Trinajstić information content (AvgIpc) is 3.13. The maximum atomic E-state index is 12.9. The summed E-state index contributed by atoms with van der Waals surface area (Å²) in [7, 11) is 1.12. The van der Waals surface area contributed by atoms with Crippen molar-refractivity contribution < 1.29 is 38.0 Å². The summed E-state index contributed by atoms with van der Waals surface area (Å²) in [5.41, 5.74) is 0. The van der Waals surface area contributed by atoms with E-state index in [1.165, 1.54) is 116 Å². The third kappa shape index (κ3) is 38.2. The van der Waals surface area contributed by atoms with Crippen molar-refractivity contribution in [3.8, 4) is 0 Å². The number of amides is 1. The standard InChI is InChI=1S/C45H89N2O7P/c1-6-8-10-12-14-16-18-20-21-22-23-24-25-26-28-30-32-34-36-38-44(49)46-42(41-54-55(51,52)53-40-39-47(3,4)5)45(50)43(48)37-35-33-31-29-27-19-17-15-13-11-9-7-2/h14,16,20-21,42-43,45,48,50H,6-13,15,17-19,22-41H2,1-5H3,(H-,46,49,51,52)/b16-14-,21-20-. The molecule has 0 saturated heterocycles. The second-order valence-electron chi connectivity index (χ2n) is 16.9. The van der Waals surface area contributed by atoms with Gasteiger partial charge < -0.3 is 34.0 Å². The lowest BCUT2D eigenvalue weighted by Gasteiger charge is -2.31. The summed E-state index contributed by atoms with van der Waals surface area (Å²) in [6, 6.07) is -1.07. The number of likely N-dealkylation sites (N-methyl/N-ethyl adjacent to an activating group) is 1. The van der Waals surface area contributed by atoms with E-state index >= 15 is 0 Å². The van der Waals surface area contributed by atoms with Gasteiger partial charge in [0.25, 0.3) is 7.82 Å². The van der Waals surface area contributed by atoms with Gasteiger partial charge in [0.1, 0.15) is 19.3 Å². The van der Waals surface area contributed by atoms with Crippen LogP contribution in [0.3, 0.4) is 0 Å². The van der Waals surface area contributed by atoms with E-state index in [2.05, 4.69) is 43.5 Å². The molecule has 0 aliphatic carbocycles. The number of unbranched alkanes of at least 4 members (excludes halogenated alkanes) is 23. The van der Waals surface area contributed by atoms with Gasteiger partial charge in [0.2, 0.25) is 5.91 Å². The molecule has 0 aromatic carbocycles.